The third kappa shape index (κ3) is 6.30. The maximum Gasteiger partial charge on any atom is 0.330 e. The molecular weight excluding hydrogens is 430 g/mol. The molecule has 1 heterocycles. The number of esters is 1. The highest BCUT2D eigenvalue weighted by Gasteiger charge is 2.25. The average molecular weight is 452 g/mol. The fourth-order valence-electron chi connectivity index (χ4n) is 2.73. The SMILES string of the molecule is O=C(/C=C/c1ccc(S(=O)(=O)N2CCOCC2)cc1)OCCOc1ccc(Cl)cc1. The van der Waals surface area contributed by atoms with E-state index in [4.69, 9.17) is 25.8 Å². The Balaban J connectivity index is 1.46. The first-order valence-corrected chi connectivity index (χ1v) is 11.2. The summed E-state index contributed by atoms with van der Waals surface area (Å²) in [6.45, 7) is 1.80. The van der Waals surface area contributed by atoms with Gasteiger partial charge in [-0.2, -0.15) is 4.31 Å². The molecule has 1 saturated heterocycles. The minimum absolute atomic E-state index is 0.0997. The van der Waals surface area contributed by atoms with Crippen LogP contribution in [-0.4, -0.2) is 58.2 Å². The second kappa shape index (κ2) is 10.6. The van der Waals surface area contributed by atoms with E-state index in [9.17, 15) is 13.2 Å². The van der Waals surface area contributed by atoms with Crippen LogP contribution in [0.5, 0.6) is 5.75 Å². The Hall–Kier alpha value is -2.39. The van der Waals surface area contributed by atoms with Gasteiger partial charge in [-0.05, 0) is 48.0 Å². The Morgan fingerprint density at radius 2 is 1.70 bits per heavy atom. The Morgan fingerprint density at radius 3 is 2.37 bits per heavy atom. The van der Waals surface area contributed by atoms with E-state index in [1.807, 2.05) is 0 Å². The van der Waals surface area contributed by atoms with Crippen LogP contribution in [-0.2, 0) is 24.3 Å². The topological polar surface area (TPSA) is 82.1 Å². The zero-order valence-electron chi connectivity index (χ0n) is 16.2. The summed E-state index contributed by atoms with van der Waals surface area (Å²) in [6, 6.07) is 13.2. The number of carbonyl (C=O) groups excluding carboxylic acids is 1. The van der Waals surface area contributed by atoms with Crippen molar-refractivity contribution in [3.8, 4) is 5.75 Å². The predicted octanol–water partition coefficient (Wildman–Crippen LogP) is 3.00. The summed E-state index contributed by atoms with van der Waals surface area (Å²) in [5.74, 6) is 0.123. The van der Waals surface area contributed by atoms with E-state index in [-0.39, 0.29) is 18.1 Å². The number of carbonyl (C=O) groups is 1. The van der Waals surface area contributed by atoms with E-state index in [2.05, 4.69) is 0 Å². The van der Waals surface area contributed by atoms with Crippen molar-refractivity contribution in [1.29, 1.82) is 0 Å². The lowest BCUT2D eigenvalue weighted by Gasteiger charge is -2.26. The van der Waals surface area contributed by atoms with Crippen molar-refractivity contribution in [2.24, 2.45) is 0 Å². The van der Waals surface area contributed by atoms with E-state index in [0.717, 1.165) is 0 Å². The van der Waals surface area contributed by atoms with E-state index in [1.54, 1.807) is 42.5 Å². The second-order valence-electron chi connectivity index (χ2n) is 6.39. The lowest BCUT2D eigenvalue weighted by molar-refractivity contribution is -0.138. The number of morpholine rings is 1. The molecule has 0 amide bonds. The standard InChI is InChI=1S/C21H22ClNO6S/c22-18-4-6-19(7-5-18)28-15-16-29-21(24)10-3-17-1-8-20(9-2-17)30(25,26)23-11-13-27-14-12-23/h1-10H,11-16H2/b10-3+. The van der Waals surface area contributed by atoms with Gasteiger partial charge in [0.15, 0.2) is 0 Å². The third-order valence-electron chi connectivity index (χ3n) is 4.31. The van der Waals surface area contributed by atoms with E-state index >= 15 is 0 Å². The molecule has 160 valence electrons. The van der Waals surface area contributed by atoms with Gasteiger partial charge in [-0.1, -0.05) is 23.7 Å². The first-order valence-electron chi connectivity index (χ1n) is 9.36. The maximum absolute atomic E-state index is 12.6. The van der Waals surface area contributed by atoms with Gasteiger partial charge in [0, 0.05) is 24.2 Å². The zero-order chi connectivity index (χ0) is 21.4. The molecule has 3 rings (SSSR count). The van der Waals surface area contributed by atoms with Crippen LogP contribution in [0.25, 0.3) is 6.08 Å². The number of rotatable bonds is 8. The van der Waals surface area contributed by atoms with Crippen LogP contribution in [0.4, 0.5) is 0 Å². The van der Waals surface area contributed by atoms with Crippen LogP contribution in [0.2, 0.25) is 5.02 Å². The summed E-state index contributed by atoms with van der Waals surface area (Å²) in [5.41, 5.74) is 0.685. The summed E-state index contributed by atoms with van der Waals surface area (Å²) in [4.78, 5) is 12.0. The summed E-state index contributed by atoms with van der Waals surface area (Å²) in [6.07, 6.45) is 2.85. The van der Waals surface area contributed by atoms with Gasteiger partial charge in [-0.3, -0.25) is 0 Å². The largest absolute Gasteiger partial charge is 0.490 e. The summed E-state index contributed by atoms with van der Waals surface area (Å²) in [7, 11) is -3.53. The Labute approximate surface area is 180 Å². The zero-order valence-corrected chi connectivity index (χ0v) is 17.8. The van der Waals surface area contributed by atoms with Crippen LogP contribution in [0.1, 0.15) is 5.56 Å². The van der Waals surface area contributed by atoms with Crippen molar-refractivity contribution < 1.29 is 27.4 Å². The molecule has 7 nitrogen and oxygen atoms in total. The second-order valence-corrected chi connectivity index (χ2v) is 8.76. The van der Waals surface area contributed by atoms with Crippen molar-refractivity contribution in [3.05, 3.63) is 65.2 Å². The Kier molecular flexibility index (Phi) is 7.87. The minimum atomic E-state index is -3.53. The molecule has 30 heavy (non-hydrogen) atoms. The smallest absolute Gasteiger partial charge is 0.330 e. The molecule has 0 N–H and O–H groups in total. The third-order valence-corrected chi connectivity index (χ3v) is 6.47. The molecule has 1 aliphatic heterocycles. The highest BCUT2D eigenvalue weighted by Crippen LogP contribution is 2.18. The van der Waals surface area contributed by atoms with Gasteiger partial charge in [0.25, 0.3) is 0 Å². The molecule has 0 bridgehead atoms. The normalized spacial score (nSPS) is 15.2. The molecule has 0 unspecified atom stereocenters. The van der Waals surface area contributed by atoms with Crippen LogP contribution < -0.4 is 4.74 Å². The first-order chi connectivity index (χ1) is 14.4. The van der Waals surface area contributed by atoms with E-state index < -0.39 is 16.0 Å². The first kappa shape index (κ1) is 22.3. The number of nitrogens with zero attached hydrogens (tertiary/aromatic N) is 1. The number of ether oxygens (including phenoxy) is 3. The fourth-order valence-corrected chi connectivity index (χ4v) is 4.27. The van der Waals surface area contributed by atoms with Crippen LogP contribution in [0.15, 0.2) is 59.5 Å². The quantitative estimate of drug-likeness (QED) is 0.348. The Bertz CT molecular complexity index is 968. The molecule has 0 saturated carbocycles. The summed E-state index contributed by atoms with van der Waals surface area (Å²) < 4.78 is 42.3. The Morgan fingerprint density at radius 1 is 1.03 bits per heavy atom. The average Bonchev–Trinajstić information content (AvgIpc) is 2.77. The summed E-state index contributed by atoms with van der Waals surface area (Å²) in [5, 5.41) is 0.616. The number of halogens is 1. The number of benzene rings is 2. The maximum atomic E-state index is 12.6. The van der Waals surface area contributed by atoms with Crippen LogP contribution >= 0.6 is 11.6 Å². The number of hydrogen-bond donors (Lipinski definition) is 0. The molecule has 0 aromatic heterocycles. The highest BCUT2D eigenvalue weighted by atomic mass is 35.5. The van der Waals surface area contributed by atoms with Crippen molar-refractivity contribution in [2.45, 2.75) is 4.90 Å². The molecule has 2 aromatic rings. The van der Waals surface area contributed by atoms with Crippen molar-refractivity contribution in [1.82, 2.24) is 4.31 Å². The molecule has 1 fully saturated rings. The molecule has 0 spiro atoms. The molecule has 0 aliphatic carbocycles. The number of sulfonamides is 1. The van der Waals surface area contributed by atoms with Gasteiger partial charge in [0.2, 0.25) is 10.0 Å². The lowest BCUT2D eigenvalue weighted by Crippen LogP contribution is -2.40. The molecule has 9 heteroatoms. The lowest BCUT2D eigenvalue weighted by atomic mass is 10.2. The van der Waals surface area contributed by atoms with E-state index in [1.165, 1.54) is 22.5 Å². The van der Waals surface area contributed by atoms with Crippen LogP contribution in [0, 0.1) is 0 Å². The van der Waals surface area contributed by atoms with Crippen LogP contribution in [0.3, 0.4) is 0 Å². The highest BCUT2D eigenvalue weighted by molar-refractivity contribution is 7.89. The van der Waals surface area contributed by atoms with Gasteiger partial charge >= 0.3 is 5.97 Å². The van der Waals surface area contributed by atoms with Crippen molar-refractivity contribution in [2.75, 3.05) is 39.5 Å². The molecule has 1 aliphatic rings. The number of hydrogen-bond acceptors (Lipinski definition) is 6. The minimum Gasteiger partial charge on any atom is -0.490 e. The van der Waals surface area contributed by atoms with Gasteiger partial charge < -0.3 is 14.2 Å². The monoisotopic (exact) mass is 451 g/mol. The fraction of sp³-hybridized carbons (Fsp3) is 0.286. The van der Waals surface area contributed by atoms with E-state index in [0.29, 0.717) is 42.6 Å². The molecular formula is C21H22ClNO6S. The molecule has 0 radical (unpaired) electrons. The van der Waals surface area contributed by atoms with Gasteiger partial charge in [0.1, 0.15) is 19.0 Å². The van der Waals surface area contributed by atoms with Crippen molar-refractivity contribution in [3.63, 3.8) is 0 Å². The van der Waals surface area contributed by atoms with Gasteiger partial charge in [0.05, 0.1) is 18.1 Å². The predicted molar refractivity (Wildman–Crippen MR) is 113 cm³/mol. The molecule has 0 atom stereocenters. The van der Waals surface area contributed by atoms with Gasteiger partial charge in [-0.25, -0.2) is 13.2 Å². The van der Waals surface area contributed by atoms with Crippen molar-refractivity contribution >= 4 is 33.7 Å². The van der Waals surface area contributed by atoms with Gasteiger partial charge in [-0.15, -0.1) is 0 Å². The summed E-state index contributed by atoms with van der Waals surface area (Å²) >= 11 is 5.80. The molecule has 2 aromatic carbocycles.